The Hall–Kier alpha value is -3.47. The lowest BCUT2D eigenvalue weighted by atomic mass is 9.79. The van der Waals surface area contributed by atoms with Crippen molar-refractivity contribution in [3.8, 4) is 11.4 Å². The summed E-state index contributed by atoms with van der Waals surface area (Å²) >= 11 is 1.52. The largest absolute Gasteiger partial charge is 0.488 e. The summed E-state index contributed by atoms with van der Waals surface area (Å²) in [5.74, 6) is 1.68. The van der Waals surface area contributed by atoms with E-state index in [1.54, 1.807) is 24.3 Å². The molecule has 0 bridgehead atoms. The number of nitrogens with zero attached hydrogens (tertiary/aromatic N) is 2. The highest BCUT2D eigenvalue weighted by molar-refractivity contribution is 7.20. The minimum atomic E-state index is -1.51. The van der Waals surface area contributed by atoms with Crippen molar-refractivity contribution in [2.45, 2.75) is 26.3 Å². The minimum Gasteiger partial charge on any atom is -0.423 e. The molecule has 34 heavy (non-hydrogen) atoms. The van der Waals surface area contributed by atoms with Crippen LogP contribution in [0.4, 0.5) is 11.6 Å². The molecule has 1 aliphatic rings. The summed E-state index contributed by atoms with van der Waals surface area (Å²) in [6.07, 6.45) is 1.84. The van der Waals surface area contributed by atoms with Crippen LogP contribution in [0.25, 0.3) is 21.5 Å². The van der Waals surface area contributed by atoms with Crippen LogP contribution in [0.1, 0.15) is 32.8 Å². The second kappa shape index (κ2) is 9.05. The van der Waals surface area contributed by atoms with Crippen LogP contribution in [0.5, 0.6) is 0 Å². The van der Waals surface area contributed by atoms with Gasteiger partial charge in [-0.1, -0.05) is 36.4 Å². The number of carbonyl (C=O) groups is 1. The number of benzene rings is 2. The van der Waals surface area contributed by atoms with Crippen molar-refractivity contribution in [1.82, 2.24) is 9.97 Å². The van der Waals surface area contributed by atoms with Crippen LogP contribution in [0, 0.1) is 6.92 Å². The Bertz CT molecular complexity index is 1410. The number of nitrogens with one attached hydrogen (secondary N) is 2. The minimum absolute atomic E-state index is 0.442. The zero-order valence-electron chi connectivity index (χ0n) is 18.6. The van der Waals surface area contributed by atoms with E-state index < -0.39 is 13.0 Å². The van der Waals surface area contributed by atoms with Gasteiger partial charge in [0.2, 0.25) is 5.91 Å². The fourth-order valence-corrected chi connectivity index (χ4v) is 5.52. The van der Waals surface area contributed by atoms with E-state index >= 15 is 0 Å². The summed E-state index contributed by atoms with van der Waals surface area (Å²) in [5.41, 5.74) is 9.38. The zero-order chi connectivity index (χ0) is 23.8. The van der Waals surface area contributed by atoms with Crippen molar-refractivity contribution in [3.05, 3.63) is 64.0 Å². The van der Waals surface area contributed by atoms with Gasteiger partial charge in [0, 0.05) is 39.2 Å². The average Bonchev–Trinajstić information content (AvgIpc) is 3.18. The number of hydrogen-bond acceptors (Lipinski definition) is 8. The van der Waals surface area contributed by atoms with Crippen molar-refractivity contribution >= 4 is 51.5 Å². The molecule has 0 atom stereocenters. The van der Waals surface area contributed by atoms with E-state index in [-0.39, 0.29) is 0 Å². The molecule has 0 fully saturated rings. The Morgan fingerprint density at radius 1 is 1.24 bits per heavy atom. The maximum Gasteiger partial charge on any atom is 0.488 e. The van der Waals surface area contributed by atoms with E-state index in [1.165, 1.54) is 11.3 Å². The smallest absolute Gasteiger partial charge is 0.423 e. The molecule has 0 unspecified atom stereocenters. The van der Waals surface area contributed by atoms with Crippen LogP contribution in [0.15, 0.2) is 42.5 Å². The SMILES string of the molecule is Cc1sc2c(C(N)=O)cccc2c1-c1nc2c(c(NCc3cccc(B(O)O)c3)n1)CCCN2. The molecule has 1 aliphatic heterocycles. The summed E-state index contributed by atoms with van der Waals surface area (Å²) in [6, 6.07) is 12.7. The number of rotatable bonds is 6. The first-order chi connectivity index (χ1) is 16.4. The molecule has 5 rings (SSSR count). The van der Waals surface area contributed by atoms with Crippen molar-refractivity contribution < 1.29 is 14.8 Å². The van der Waals surface area contributed by atoms with Crippen LogP contribution >= 0.6 is 11.3 Å². The lowest BCUT2D eigenvalue weighted by Crippen LogP contribution is -2.30. The molecule has 0 aliphatic carbocycles. The van der Waals surface area contributed by atoms with Gasteiger partial charge < -0.3 is 26.4 Å². The van der Waals surface area contributed by atoms with Gasteiger partial charge in [-0.3, -0.25) is 4.79 Å². The third kappa shape index (κ3) is 4.11. The number of nitrogens with two attached hydrogens (primary N) is 1. The van der Waals surface area contributed by atoms with Crippen LogP contribution in [-0.4, -0.2) is 39.6 Å². The molecule has 0 saturated heterocycles. The summed E-state index contributed by atoms with van der Waals surface area (Å²) in [7, 11) is -1.51. The Kier molecular flexibility index (Phi) is 5.95. The number of aromatic nitrogens is 2. The maximum atomic E-state index is 11.9. The Labute approximate surface area is 201 Å². The number of anilines is 2. The molecular formula is C24H24BN5O3S. The van der Waals surface area contributed by atoms with E-state index in [4.69, 9.17) is 15.7 Å². The molecule has 172 valence electrons. The van der Waals surface area contributed by atoms with Crippen LogP contribution in [-0.2, 0) is 13.0 Å². The highest BCUT2D eigenvalue weighted by atomic mass is 32.1. The van der Waals surface area contributed by atoms with Gasteiger partial charge in [-0.25, -0.2) is 9.97 Å². The molecule has 2 aromatic heterocycles. The third-order valence-electron chi connectivity index (χ3n) is 5.99. The molecule has 1 amide bonds. The van der Waals surface area contributed by atoms with Crippen LogP contribution in [0.3, 0.4) is 0 Å². The number of carbonyl (C=O) groups excluding carboxylic acids is 1. The average molecular weight is 473 g/mol. The third-order valence-corrected chi connectivity index (χ3v) is 7.15. The Balaban J connectivity index is 1.57. The van der Waals surface area contributed by atoms with Crippen LogP contribution in [0.2, 0.25) is 0 Å². The van der Waals surface area contributed by atoms with Gasteiger partial charge in [-0.2, -0.15) is 0 Å². The second-order valence-electron chi connectivity index (χ2n) is 8.31. The molecule has 0 spiro atoms. The molecular weight excluding hydrogens is 449 g/mol. The normalized spacial score (nSPS) is 12.8. The molecule has 0 radical (unpaired) electrons. The predicted octanol–water partition coefficient (Wildman–Crippen LogP) is 2.42. The monoisotopic (exact) mass is 473 g/mol. The maximum absolute atomic E-state index is 11.9. The summed E-state index contributed by atoms with van der Waals surface area (Å²) < 4.78 is 0.839. The quantitative estimate of drug-likeness (QED) is 0.272. The first kappa shape index (κ1) is 22.3. The number of aryl methyl sites for hydroxylation is 1. The van der Waals surface area contributed by atoms with Gasteiger partial charge in [-0.05, 0) is 36.9 Å². The van der Waals surface area contributed by atoms with Crippen LogP contribution < -0.4 is 21.8 Å². The van der Waals surface area contributed by atoms with Gasteiger partial charge in [0.05, 0.1) is 5.56 Å². The summed E-state index contributed by atoms with van der Waals surface area (Å²) in [6.45, 7) is 3.31. The molecule has 6 N–H and O–H groups in total. The number of thiophene rings is 1. The predicted molar refractivity (Wildman–Crippen MR) is 137 cm³/mol. The topological polar surface area (TPSA) is 133 Å². The van der Waals surface area contributed by atoms with Gasteiger partial charge in [0.15, 0.2) is 5.82 Å². The fourth-order valence-electron chi connectivity index (χ4n) is 4.36. The lowest BCUT2D eigenvalue weighted by Gasteiger charge is -2.21. The van der Waals surface area contributed by atoms with Gasteiger partial charge in [0.1, 0.15) is 11.6 Å². The van der Waals surface area contributed by atoms with Crippen molar-refractivity contribution in [2.75, 3.05) is 17.2 Å². The van der Waals surface area contributed by atoms with Gasteiger partial charge >= 0.3 is 7.12 Å². The van der Waals surface area contributed by atoms with Gasteiger partial charge in [-0.15, -0.1) is 11.3 Å². The van der Waals surface area contributed by atoms with E-state index in [9.17, 15) is 14.8 Å². The Morgan fingerprint density at radius 2 is 2.06 bits per heavy atom. The number of primary amides is 1. The van der Waals surface area contributed by atoms with Crippen molar-refractivity contribution in [1.29, 1.82) is 0 Å². The second-order valence-corrected chi connectivity index (χ2v) is 9.53. The Morgan fingerprint density at radius 3 is 2.85 bits per heavy atom. The first-order valence-electron chi connectivity index (χ1n) is 11.1. The van der Waals surface area contributed by atoms with Crippen molar-refractivity contribution in [3.63, 3.8) is 0 Å². The van der Waals surface area contributed by atoms with E-state index in [2.05, 4.69) is 10.6 Å². The molecule has 3 heterocycles. The summed E-state index contributed by atoms with van der Waals surface area (Å²) in [5, 5.41) is 26.7. The fraction of sp³-hybridized carbons (Fsp3) is 0.208. The van der Waals surface area contributed by atoms with Gasteiger partial charge in [0.25, 0.3) is 0 Å². The van der Waals surface area contributed by atoms with Crippen molar-refractivity contribution in [2.24, 2.45) is 5.73 Å². The number of fused-ring (bicyclic) bond motifs is 2. The van der Waals surface area contributed by atoms with E-state index in [1.807, 2.05) is 25.1 Å². The van der Waals surface area contributed by atoms with E-state index in [0.29, 0.717) is 23.4 Å². The highest BCUT2D eigenvalue weighted by Crippen LogP contribution is 2.40. The highest BCUT2D eigenvalue weighted by Gasteiger charge is 2.23. The molecule has 8 nitrogen and oxygen atoms in total. The molecule has 10 heteroatoms. The lowest BCUT2D eigenvalue weighted by molar-refractivity contribution is 0.100. The molecule has 4 aromatic rings. The zero-order valence-corrected chi connectivity index (χ0v) is 19.4. The number of amides is 1. The molecule has 2 aromatic carbocycles. The first-order valence-corrected chi connectivity index (χ1v) is 11.9. The summed E-state index contributed by atoms with van der Waals surface area (Å²) in [4.78, 5) is 22.7. The number of hydrogen-bond donors (Lipinski definition) is 5. The van der Waals surface area contributed by atoms with E-state index in [0.717, 1.165) is 62.7 Å². The molecule has 0 saturated carbocycles. The standard InChI is InChI=1S/C24H24BN5O3S/c1-13-19(16-7-3-8-17(21(26)31)20(16)34-13)24-29-22-18(9-4-10-27-22)23(30-24)28-12-14-5-2-6-15(11-14)25(32)33/h2-3,5-8,11,32-33H,4,9-10,12H2,1H3,(H2,26,31)(H2,27,28,29,30).